The fourth-order valence-electron chi connectivity index (χ4n) is 5.52. The Morgan fingerprint density at radius 2 is 1.97 bits per heavy atom. The molecule has 0 saturated carbocycles. The van der Waals surface area contributed by atoms with Crippen LogP contribution in [0.1, 0.15) is 56.1 Å². The van der Waals surface area contributed by atoms with Gasteiger partial charge in [0, 0.05) is 28.0 Å². The molecule has 5 rings (SSSR count). The van der Waals surface area contributed by atoms with Gasteiger partial charge >= 0.3 is 0 Å². The molecule has 3 aromatic heterocycles. The molecule has 0 radical (unpaired) electrons. The smallest absolute Gasteiger partial charge is 0.155 e. The van der Waals surface area contributed by atoms with Crippen molar-refractivity contribution in [3.8, 4) is 11.3 Å². The third-order valence-electron chi connectivity index (χ3n) is 7.26. The molecule has 1 saturated heterocycles. The first kappa shape index (κ1) is 23.0. The number of aromatic nitrogens is 4. The molecule has 0 spiro atoms. The van der Waals surface area contributed by atoms with Crippen LogP contribution >= 0.6 is 0 Å². The summed E-state index contributed by atoms with van der Waals surface area (Å²) in [6.07, 6.45) is 6.81. The Morgan fingerprint density at radius 1 is 1.18 bits per heavy atom. The lowest BCUT2D eigenvalue weighted by molar-refractivity contribution is 0.201. The van der Waals surface area contributed by atoms with Crippen molar-refractivity contribution in [3.63, 3.8) is 0 Å². The molecule has 0 aliphatic carbocycles. The third-order valence-corrected chi connectivity index (χ3v) is 7.26. The number of benzene rings is 1. The van der Waals surface area contributed by atoms with Crippen LogP contribution in [0.5, 0.6) is 0 Å². The lowest BCUT2D eigenvalue weighted by atomic mass is 9.87. The number of fused-ring (bicyclic) bond motifs is 2. The number of piperidine rings is 1. The zero-order chi connectivity index (χ0) is 23.8. The second-order valence-electron chi connectivity index (χ2n) is 10.3. The van der Waals surface area contributed by atoms with Crippen LogP contribution in [0, 0.1) is 5.82 Å². The Bertz CT molecular complexity index is 1280. The van der Waals surface area contributed by atoms with Gasteiger partial charge in [0.2, 0.25) is 0 Å². The van der Waals surface area contributed by atoms with Crippen LogP contribution in [0.15, 0.2) is 30.6 Å². The van der Waals surface area contributed by atoms with Crippen molar-refractivity contribution in [1.29, 1.82) is 0 Å². The van der Waals surface area contributed by atoms with Crippen LogP contribution < -0.4 is 0 Å². The maximum atomic E-state index is 15.4. The molecule has 6 nitrogen and oxygen atoms in total. The molecular formula is C27H35FN6. The molecule has 1 fully saturated rings. The number of aromatic amines is 2. The standard InChI is InChI=1S/C27H35FN6/c1-17(2)25-21-14-20(18-7-12-34(13-8-18)11-5-10-33(3)4)23(28)15-24(21)31-26(25)19-6-9-29-27-22(19)16-30-32-27/h6,9,14-18,31H,5,7-8,10-13H2,1-4H3,(H,29,30,32). The average molecular weight is 463 g/mol. The predicted octanol–water partition coefficient (Wildman–Crippen LogP) is 5.50. The average Bonchev–Trinajstić information content (AvgIpc) is 3.43. The molecular weight excluding hydrogens is 427 g/mol. The first-order chi connectivity index (χ1) is 16.4. The molecule has 180 valence electrons. The lowest BCUT2D eigenvalue weighted by Gasteiger charge is -2.32. The van der Waals surface area contributed by atoms with E-state index >= 15 is 4.39 Å². The third kappa shape index (κ3) is 4.34. The van der Waals surface area contributed by atoms with Gasteiger partial charge < -0.3 is 14.8 Å². The first-order valence-electron chi connectivity index (χ1n) is 12.4. The number of H-pyrrole nitrogens is 2. The van der Waals surface area contributed by atoms with Crippen LogP contribution in [0.4, 0.5) is 4.39 Å². The van der Waals surface area contributed by atoms with Gasteiger partial charge in [-0.3, -0.25) is 5.10 Å². The lowest BCUT2D eigenvalue weighted by Crippen LogP contribution is -2.35. The SMILES string of the molecule is CC(C)c1c(-c2ccnc3[nH]ncc23)[nH]c2cc(F)c(C3CCN(CCCN(C)C)CC3)cc12. The summed E-state index contributed by atoms with van der Waals surface area (Å²) in [5.41, 5.74) is 5.80. The number of rotatable bonds is 7. The van der Waals surface area contributed by atoms with Crippen LogP contribution in [0.25, 0.3) is 33.2 Å². The second-order valence-corrected chi connectivity index (χ2v) is 10.3. The van der Waals surface area contributed by atoms with Crippen molar-refractivity contribution < 1.29 is 4.39 Å². The van der Waals surface area contributed by atoms with Crippen molar-refractivity contribution in [3.05, 3.63) is 47.5 Å². The van der Waals surface area contributed by atoms with Crippen LogP contribution in [-0.4, -0.2) is 70.2 Å². The van der Waals surface area contributed by atoms with E-state index in [1.807, 2.05) is 12.3 Å². The summed E-state index contributed by atoms with van der Waals surface area (Å²) >= 11 is 0. The first-order valence-corrected chi connectivity index (χ1v) is 12.4. The maximum Gasteiger partial charge on any atom is 0.155 e. The van der Waals surface area contributed by atoms with E-state index in [2.05, 4.69) is 64.0 Å². The van der Waals surface area contributed by atoms with Crippen LogP contribution in [0.3, 0.4) is 0 Å². The summed E-state index contributed by atoms with van der Waals surface area (Å²) in [6.45, 7) is 8.73. The molecule has 1 aliphatic heterocycles. The highest BCUT2D eigenvalue weighted by Crippen LogP contribution is 2.40. The van der Waals surface area contributed by atoms with E-state index in [1.54, 1.807) is 12.3 Å². The zero-order valence-corrected chi connectivity index (χ0v) is 20.7. The fourth-order valence-corrected chi connectivity index (χ4v) is 5.52. The molecule has 4 aromatic rings. The van der Waals surface area contributed by atoms with E-state index in [4.69, 9.17) is 0 Å². The number of nitrogens with zero attached hydrogens (tertiary/aromatic N) is 4. The second kappa shape index (κ2) is 9.47. The molecule has 4 heterocycles. The molecule has 0 amide bonds. The van der Waals surface area contributed by atoms with Gasteiger partial charge in [-0.25, -0.2) is 9.37 Å². The Morgan fingerprint density at radius 3 is 2.71 bits per heavy atom. The molecule has 0 bridgehead atoms. The highest BCUT2D eigenvalue weighted by atomic mass is 19.1. The Hall–Kier alpha value is -2.77. The highest BCUT2D eigenvalue weighted by molar-refractivity contribution is 5.98. The largest absolute Gasteiger partial charge is 0.354 e. The Labute approximate surface area is 200 Å². The molecule has 0 unspecified atom stereocenters. The topological polar surface area (TPSA) is 63.8 Å². The van der Waals surface area contributed by atoms with E-state index in [9.17, 15) is 0 Å². The molecule has 2 N–H and O–H groups in total. The van der Waals surface area contributed by atoms with Crippen molar-refractivity contribution in [2.75, 3.05) is 40.3 Å². The summed E-state index contributed by atoms with van der Waals surface area (Å²) in [5.74, 6) is 0.468. The van der Waals surface area contributed by atoms with Gasteiger partial charge in [0.15, 0.2) is 5.65 Å². The van der Waals surface area contributed by atoms with Gasteiger partial charge in [0.1, 0.15) is 5.82 Å². The molecule has 7 heteroatoms. The van der Waals surface area contributed by atoms with E-state index in [0.29, 0.717) is 0 Å². The summed E-state index contributed by atoms with van der Waals surface area (Å²) in [7, 11) is 4.24. The zero-order valence-electron chi connectivity index (χ0n) is 20.7. The van der Waals surface area contributed by atoms with Gasteiger partial charge in [0.05, 0.1) is 11.9 Å². The van der Waals surface area contributed by atoms with Crippen molar-refractivity contribution >= 4 is 21.9 Å². The van der Waals surface area contributed by atoms with E-state index < -0.39 is 0 Å². The van der Waals surface area contributed by atoms with Gasteiger partial charge in [-0.05, 0) is 101 Å². The summed E-state index contributed by atoms with van der Waals surface area (Å²) in [6, 6.07) is 5.84. The maximum absolute atomic E-state index is 15.4. The van der Waals surface area contributed by atoms with Gasteiger partial charge in [0.25, 0.3) is 0 Å². The quantitative estimate of drug-likeness (QED) is 0.381. The minimum absolute atomic E-state index is 0.0927. The molecule has 1 aromatic carbocycles. The monoisotopic (exact) mass is 462 g/mol. The molecule has 34 heavy (non-hydrogen) atoms. The normalized spacial score (nSPS) is 16.0. The minimum Gasteiger partial charge on any atom is -0.354 e. The van der Waals surface area contributed by atoms with E-state index in [0.717, 1.165) is 77.8 Å². The van der Waals surface area contributed by atoms with Gasteiger partial charge in [-0.15, -0.1) is 0 Å². The van der Waals surface area contributed by atoms with Crippen molar-refractivity contribution in [2.45, 2.75) is 44.9 Å². The Kier molecular flexibility index (Phi) is 6.40. The Balaban J connectivity index is 1.46. The highest BCUT2D eigenvalue weighted by Gasteiger charge is 2.25. The fraction of sp³-hybridized carbons (Fsp3) is 0.481. The minimum atomic E-state index is -0.0927. The van der Waals surface area contributed by atoms with Gasteiger partial charge in [-0.2, -0.15) is 5.10 Å². The van der Waals surface area contributed by atoms with E-state index in [1.165, 1.54) is 12.0 Å². The number of hydrogen-bond acceptors (Lipinski definition) is 4. The number of nitrogens with one attached hydrogen (secondary N) is 2. The predicted molar refractivity (Wildman–Crippen MR) is 137 cm³/mol. The summed E-state index contributed by atoms with van der Waals surface area (Å²) in [5, 5.41) is 9.22. The number of likely N-dealkylation sites (tertiary alicyclic amines) is 1. The van der Waals surface area contributed by atoms with Crippen molar-refractivity contribution in [1.82, 2.24) is 30.0 Å². The van der Waals surface area contributed by atoms with E-state index in [-0.39, 0.29) is 17.7 Å². The number of halogens is 1. The molecule has 0 atom stereocenters. The van der Waals surface area contributed by atoms with Crippen LogP contribution in [0.2, 0.25) is 0 Å². The number of hydrogen-bond donors (Lipinski definition) is 2. The summed E-state index contributed by atoms with van der Waals surface area (Å²) in [4.78, 5) is 12.7. The van der Waals surface area contributed by atoms with Gasteiger partial charge in [-0.1, -0.05) is 13.8 Å². The number of pyridine rings is 1. The summed E-state index contributed by atoms with van der Waals surface area (Å²) < 4.78 is 15.4. The van der Waals surface area contributed by atoms with Crippen molar-refractivity contribution in [2.24, 2.45) is 0 Å². The molecule has 1 aliphatic rings. The van der Waals surface area contributed by atoms with Crippen LogP contribution in [-0.2, 0) is 0 Å².